The van der Waals surface area contributed by atoms with Crippen LogP contribution in [0.3, 0.4) is 0 Å². The van der Waals surface area contributed by atoms with Gasteiger partial charge in [-0.05, 0) is 49.9 Å². The maximum Gasteiger partial charge on any atom is 0.263 e. The Hall–Kier alpha value is -1.71. The van der Waals surface area contributed by atoms with Crippen LogP contribution in [0.1, 0.15) is 26.7 Å². The molecule has 0 radical (unpaired) electrons. The second-order valence-electron chi connectivity index (χ2n) is 5.47. The summed E-state index contributed by atoms with van der Waals surface area (Å²) in [5.41, 5.74) is 0. The molecule has 0 saturated carbocycles. The van der Waals surface area contributed by atoms with Crippen LogP contribution < -0.4 is 9.47 Å². The Balaban J connectivity index is 1.92. The molecule has 1 fully saturated rings. The van der Waals surface area contributed by atoms with Crippen molar-refractivity contribution < 1.29 is 14.3 Å². The summed E-state index contributed by atoms with van der Waals surface area (Å²) in [6.45, 7) is 5.69. The smallest absolute Gasteiger partial charge is 0.263 e. The van der Waals surface area contributed by atoms with Crippen molar-refractivity contribution >= 4 is 5.91 Å². The first-order valence-corrected chi connectivity index (χ1v) is 7.19. The van der Waals surface area contributed by atoms with E-state index in [0.29, 0.717) is 11.7 Å². The van der Waals surface area contributed by atoms with Gasteiger partial charge in [0.15, 0.2) is 6.10 Å². The van der Waals surface area contributed by atoms with Crippen molar-refractivity contribution in [3.8, 4) is 11.5 Å². The highest BCUT2D eigenvalue weighted by Gasteiger charge is 2.25. The van der Waals surface area contributed by atoms with Gasteiger partial charge in [0.1, 0.15) is 11.5 Å². The van der Waals surface area contributed by atoms with Gasteiger partial charge in [0.2, 0.25) is 0 Å². The molecule has 2 atom stereocenters. The topological polar surface area (TPSA) is 38.8 Å². The highest BCUT2D eigenvalue weighted by molar-refractivity contribution is 5.81. The van der Waals surface area contributed by atoms with Crippen molar-refractivity contribution in [2.45, 2.75) is 32.8 Å². The zero-order valence-electron chi connectivity index (χ0n) is 12.5. The zero-order chi connectivity index (χ0) is 14.5. The summed E-state index contributed by atoms with van der Waals surface area (Å²) in [6, 6.07) is 7.30. The third kappa shape index (κ3) is 3.65. The first kappa shape index (κ1) is 14.7. The van der Waals surface area contributed by atoms with E-state index < -0.39 is 6.10 Å². The second kappa shape index (κ2) is 6.64. The molecule has 0 aromatic heterocycles. The molecule has 1 amide bonds. The lowest BCUT2D eigenvalue weighted by molar-refractivity contribution is -0.139. The van der Waals surface area contributed by atoms with E-state index in [9.17, 15) is 4.79 Å². The summed E-state index contributed by atoms with van der Waals surface area (Å²) in [5, 5.41) is 0. The minimum absolute atomic E-state index is 0.0763. The van der Waals surface area contributed by atoms with E-state index in [0.717, 1.165) is 25.3 Å². The van der Waals surface area contributed by atoms with Gasteiger partial charge < -0.3 is 14.4 Å². The first-order chi connectivity index (χ1) is 9.60. The van der Waals surface area contributed by atoms with Gasteiger partial charge in [-0.15, -0.1) is 0 Å². The highest BCUT2D eigenvalue weighted by Crippen LogP contribution is 2.20. The number of rotatable bonds is 4. The Labute approximate surface area is 120 Å². The minimum atomic E-state index is -0.450. The van der Waals surface area contributed by atoms with Gasteiger partial charge in [0.05, 0.1) is 7.11 Å². The molecule has 110 valence electrons. The number of amides is 1. The van der Waals surface area contributed by atoms with Crippen molar-refractivity contribution in [3.63, 3.8) is 0 Å². The van der Waals surface area contributed by atoms with Crippen LogP contribution in [-0.4, -0.2) is 37.1 Å². The third-order valence-corrected chi connectivity index (χ3v) is 3.69. The number of likely N-dealkylation sites (tertiary alicyclic amines) is 1. The van der Waals surface area contributed by atoms with E-state index in [1.807, 2.05) is 36.1 Å². The molecule has 2 rings (SSSR count). The van der Waals surface area contributed by atoms with E-state index >= 15 is 0 Å². The summed E-state index contributed by atoms with van der Waals surface area (Å²) in [5.74, 6) is 2.13. The second-order valence-corrected chi connectivity index (χ2v) is 5.47. The Bertz CT molecular complexity index is 444. The molecule has 0 aliphatic carbocycles. The fourth-order valence-electron chi connectivity index (χ4n) is 2.56. The number of hydrogen-bond acceptors (Lipinski definition) is 3. The number of carbonyl (C=O) groups is 1. The molecular formula is C16H23NO3. The van der Waals surface area contributed by atoms with Crippen molar-refractivity contribution in [1.82, 2.24) is 4.90 Å². The summed E-state index contributed by atoms with van der Waals surface area (Å²) < 4.78 is 10.8. The molecule has 0 spiro atoms. The SMILES string of the molecule is COc1ccc(O[C@@H](C)C(=O)N2CCC[C@H](C)C2)cc1. The largest absolute Gasteiger partial charge is 0.497 e. The number of carbonyl (C=O) groups excluding carboxylic acids is 1. The number of ether oxygens (including phenoxy) is 2. The van der Waals surface area contributed by atoms with E-state index in [-0.39, 0.29) is 5.91 Å². The minimum Gasteiger partial charge on any atom is -0.497 e. The lowest BCUT2D eigenvalue weighted by Gasteiger charge is -2.32. The van der Waals surface area contributed by atoms with Crippen molar-refractivity contribution in [1.29, 1.82) is 0 Å². The van der Waals surface area contributed by atoms with Crippen LogP contribution in [0.25, 0.3) is 0 Å². The standard InChI is InChI=1S/C16H23NO3/c1-12-5-4-10-17(11-12)16(18)13(2)20-15-8-6-14(19-3)7-9-15/h6-9,12-13H,4-5,10-11H2,1-3H3/t12-,13-/m0/s1. The maximum absolute atomic E-state index is 12.3. The average Bonchev–Trinajstić information content (AvgIpc) is 2.47. The third-order valence-electron chi connectivity index (χ3n) is 3.69. The van der Waals surface area contributed by atoms with E-state index in [1.165, 1.54) is 6.42 Å². The van der Waals surface area contributed by atoms with Gasteiger partial charge in [-0.3, -0.25) is 4.79 Å². The van der Waals surface area contributed by atoms with Crippen molar-refractivity contribution in [2.24, 2.45) is 5.92 Å². The van der Waals surface area contributed by atoms with Gasteiger partial charge >= 0.3 is 0 Å². The molecule has 0 unspecified atom stereocenters. The Morgan fingerprint density at radius 3 is 2.55 bits per heavy atom. The van der Waals surface area contributed by atoms with Crippen LogP contribution in [-0.2, 0) is 4.79 Å². The maximum atomic E-state index is 12.3. The summed E-state index contributed by atoms with van der Waals surface area (Å²) in [7, 11) is 1.62. The average molecular weight is 277 g/mol. The Kier molecular flexibility index (Phi) is 4.88. The fraction of sp³-hybridized carbons (Fsp3) is 0.562. The molecule has 1 aromatic carbocycles. The molecule has 1 saturated heterocycles. The molecule has 0 bridgehead atoms. The van der Waals surface area contributed by atoms with Crippen LogP contribution in [0.15, 0.2) is 24.3 Å². The lowest BCUT2D eigenvalue weighted by atomic mass is 10.00. The predicted molar refractivity (Wildman–Crippen MR) is 78.1 cm³/mol. The van der Waals surface area contributed by atoms with Crippen LogP contribution in [0.5, 0.6) is 11.5 Å². The van der Waals surface area contributed by atoms with E-state index in [2.05, 4.69) is 6.92 Å². The fourth-order valence-corrected chi connectivity index (χ4v) is 2.56. The number of piperidine rings is 1. The summed E-state index contributed by atoms with van der Waals surface area (Å²) in [4.78, 5) is 14.3. The zero-order valence-corrected chi connectivity index (χ0v) is 12.5. The normalized spacial score (nSPS) is 20.4. The number of benzene rings is 1. The van der Waals surface area contributed by atoms with Crippen LogP contribution in [0, 0.1) is 5.92 Å². The molecule has 1 aliphatic rings. The van der Waals surface area contributed by atoms with Gasteiger partial charge in [0.25, 0.3) is 5.91 Å². The number of nitrogens with zero attached hydrogens (tertiary/aromatic N) is 1. The predicted octanol–water partition coefficient (Wildman–Crippen LogP) is 2.72. The summed E-state index contributed by atoms with van der Waals surface area (Å²) >= 11 is 0. The van der Waals surface area contributed by atoms with Gasteiger partial charge in [-0.1, -0.05) is 6.92 Å². The van der Waals surface area contributed by atoms with Crippen LogP contribution in [0.2, 0.25) is 0 Å². The quantitative estimate of drug-likeness (QED) is 0.849. The number of hydrogen-bond donors (Lipinski definition) is 0. The van der Waals surface area contributed by atoms with E-state index in [1.54, 1.807) is 7.11 Å². The molecule has 1 heterocycles. The van der Waals surface area contributed by atoms with Crippen LogP contribution >= 0.6 is 0 Å². The number of methoxy groups -OCH3 is 1. The lowest BCUT2D eigenvalue weighted by Crippen LogP contribution is -2.45. The van der Waals surface area contributed by atoms with Gasteiger partial charge in [-0.2, -0.15) is 0 Å². The molecule has 1 aromatic rings. The van der Waals surface area contributed by atoms with E-state index in [4.69, 9.17) is 9.47 Å². The van der Waals surface area contributed by atoms with Gasteiger partial charge in [-0.25, -0.2) is 0 Å². The Morgan fingerprint density at radius 2 is 1.95 bits per heavy atom. The molecule has 4 nitrogen and oxygen atoms in total. The molecular weight excluding hydrogens is 254 g/mol. The molecule has 0 N–H and O–H groups in total. The first-order valence-electron chi connectivity index (χ1n) is 7.19. The van der Waals surface area contributed by atoms with Crippen molar-refractivity contribution in [2.75, 3.05) is 20.2 Å². The molecule has 4 heteroatoms. The monoisotopic (exact) mass is 277 g/mol. The van der Waals surface area contributed by atoms with Gasteiger partial charge in [0, 0.05) is 13.1 Å². The Morgan fingerprint density at radius 1 is 1.30 bits per heavy atom. The summed E-state index contributed by atoms with van der Waals surface area (Å²) in [6.07, 6.45) is 1.84. The van der Waals surface area contributed by atoms with Crippen LogP contribution in [0.4, 0.5) is 0 Å². The molecule has 1 aliphatic heterocycles. The van der Waals surface area contributed by atoms with Crippen molar-refractivity contribution in [3.05, 3.63) is 24.3 Å². The molecule has 20 heavy (non-hydrogen) atoms. The highest BCUT2D eigenvalue weighted by atomic mass is 16.5.